The molecule has 1 N–H and O–H groups in total. The smallest absolute Gasteiger partial charge is 0.0623 e. The molecule has 0 radical (unpaired) electrons. The summed E-state index contributed by atoms with van der Waals surface area (Å²) < 4.78 is 5.35. The van der Waals surface area contributed by atoms with Gasteiger partial charge in [0.25, 0.3) is 0 Å². The SMILES string of the molecule is COC(C)(C)CCC(C)(C)CCO. The molecule has 0 aromatic rings. The van der Waals surface area contributed by atoms with E-state index in [-0.39, 0.29) is 17.6 Å². The van der Waals surface area contributed by atoms with Crippen molar-refractivity contribution in [2.24, 2.45) is 5.41 Å². The van der Waals surface area contributed by atoms with Gasteiger partial charge in [-0.15, -0.1) is 0 Å². The van der Waals surface area contributed by atoms with Crippen LogP contribution in [0.2, 0.25) is 0 Å². The van der Waals surface area contributed by atoms with E-state index in [1.54, 1.807) is 7.11 Å². The average molecular weight is 188 g/mol. The van der Waals surface area contributed by atoms with Gasteiger partial charge in [-0.05, 0) is 38.5 Å². The minimum absolute atomic E-state index is 0.0350. The maximum atomic E-state index is 8.86. The topological polar surface area (TPSA) is 29.5 Å². The fraction of sp³-hybridized carbons (Fsp3) is 1.00. The summed E-state index contributed by atoms with van der Waals surface area (Å²) in [6, 6.07) is 0. The molecule has 0 heterocycles. The molecule has 0 saturated carbocycles. The van der Waals surface area contributed by atoms with Gasteiger partial charge in [-0.2, -0.15) is 0 Å². The van der Waals surface area contributed by atoms with E-state index in [1.165, 1.54) is 0 Å². The summed E-state index contributed by atoms with van der Waals surface area (Å²) in [5.74, 6) is 0. The summed E-state index contributed by atoms with van der Waals surface area (Å²) in [4.78, 5) is 0. The maximum absolute atomic E-state index is 8.86. The molecule has 0 aliphatic heterocycles. The van der Waals surface area contributed by atoms with Crippen LogP contribution in [0.4, 0.5) is 0 Å². The third-order valence-corrected chi connectivity index (χ3v) is 2.75. The lowest BCUT2D eigenvalue weighted by Crippen LogP contribution is -2.26. The highest BCUT2D eigenvalue weighted by Crippen LogP contribution is 2.30. The molecule has 0 amide bonds. The first-order valence-electron chi connectivity index (χ1n) is 4.99. The van der Waals surface area contributed by atoms with Gasteiger partial charge < -0.3 is 9.84 Å². The van der Waals surface area contributed by atoms with Crippen molar-refractivity contribution in [2.45, 2.75) is 52.6 Å². The van der Waals surface area contributed by atoms with Gasteiger partial charge in [0.05, 0.1) is 5.60 Å². The van der Waals surface area contributed by atoms with Crippen LogP contribution in [-0.4, -0.2) is 24.4 Å². The standard InChI is InChI=1S/C11H24O2/c1-10(2,8-9-12)6-7-11(3,4)13-5/h12H,6-9H2,1-5H3. The van der Waals surface area contributed by atoms with E-state index in [0.717, 1.165) is 19.3 Å². The molecule has 0 bridgehead atoms. The van der Waals surface area contributed by atoms with Crippen molar-refractivity contribution in [1.82, 2.24) is 0 Å². The van der Waals surface area contributed by atoms with E-state index >= 15 is 0 Å². The molecule has 0 atom stereocenters. The maximum Gasteiger partial charge on any atom is 0.0623 e. The predicted octanol–water partition coefficient (Wildman–Crippen LogP) is 2.60. The lowest BCUT2D eigenvalue weighted by Gasteiger charge is -2.29. The van der Waals surface area contributed by atoms with Gasteiger partial charge in [-0.3, -0.25) is 0 Å². The van der Waals surface area contributed by atoms with Crippen molar-refractivity contribution in [3.63, 3.8) is 0 Å². The van der Waals surface area contributed by atoms with Crippen LogP contribution in [0.5, 0.6) is 0 Å². The first-order chi connectivity index (χ1) is 5.83. The second-order valence-corrected chi connectivity index (χ2v) is 5.10. The molecule has 13 heavy (non-hydrogen) atoms. The highest BCUT2D eigenvalue weighted by molar-refractivity contribution is 4.75. The Bertz CT molecular complexity index is 139. The quantitative estimate of drug-likeness (QED) is 0.694. The van der Waals surface area contributed by atoms with E-state index < -0.39 is 0 Å². The van der Waals surface area contributed by atoms with Crippen molar-refractivity contribution in [3.05, 3.63) is 0 Å². The summed E-state index contributed by atoms with van der Waals surface area (Å²) in [5, 5.41) is 8.86. The van der Waals surface area contributed by atoms with Crippen LogP contribution in [0.15, 0.2) is 0 Å². The molecule has 2 nitrogen and oxygen atoms in total. The van der Waals surface area contributed by atoms with Gasteiger partial charge in [0.15, 0.2) is 0 Å². The molecule has 0 unspecified atom stereocenters. The van der Waals surface area contributed by atoms with Gasteiger partial charge in [0.2, 0.25) is 0 Å². The largest absolute Gasteiger partial charge is 0.396 e. The van der Waals surface area contributed by atoms with Crippen molar-refractivity contribution >= 4 is 0 Å². The summed E-state index contributed by atoms with van der Waals surface area (Å²) in [7, 11) is 1.75. The fourth-order valence-electron chi connectivity index (χ4n) is 1.17. The van der Waals surface area contributed by atoms with Crippen LogP contribution in [-0.2, 0) is 4.74 Å². The second-order valence-electron chi connectivity index (χ2n) is 5.10. The molecular weight excluding hydrogens is 164 g/mol. The summed E-state index contributed by atoms with van der Waals surface area (Å²) in [6.45, 7) is 8.86. The zero-order chi connectivity index (χ0) is 10.5. The van der Waals surface area contributed by atoms with Crippen LogP contribution in [0, 0.1) is 5.41 Å². The first kappa shape index (κ1) is 12.9. The van der Waals surface area contributed by atoms with Crippen LogP contribution < -0.4 is 0 Å². The third kappa shape index (κ3) is 6.05. The van der Waals surface area contributed by atoms with Crippen LogP contribution in [0.3, 0.4) is 0 Å². The van der Waals surface area contributed by atoms with Crippen molar-refractivity contribution in [3.8, 4) is 0 Å². The second kappa shape index (κ2) is 4.97. The third-order valence-electron chi connectivity index (χ3n) is 2.75. The Morgan fingerprint density at radius 3 is 1.92 bits per heavy atom. The van der Waals surface area contributed by atoms with Crippen LogP contribution in [0.1, 0.15) is 47.0 Å². The number of aliphatic hydroxyl groups excluding tert-OH is 1. The number of aliphatic hydroxyl groups is 1. The Hall–Kier alpha value is -0.0800. The summed E-state index contributed by atoms with van der Waals surface area (Å²) in [5.41, 5.74) is 0.192. The molecule has 0 aliphatic carbocycles. The van der Waals surface area contributed by atoms with Gasteiger partial charge in [0, 0.05) is 13.7 Å². The van der Waals surface area contributed by atoms with E-state index in [9.17, 15) is 0 Å². The summed E-state index contributed by atoms with van der Waals surface area (Å²) in [6.07, 6.45) is 3.00. The lowest BCUT2D eigenvalue weighted by atomic mass is 9.82. The first-order valence-corrected chi connectivity index (χ1v) is 4.99. The highest BCUT2D eigenvalue weighted by Gasteiger charge is 2.23. The van der Waals surface area contributed by atoms with Gasteiger partial charge in [-0.25, -0.2) is 0 Å². The Labute approximate surface area is 82.3 Å². The highest BCUT2D eigenvalue weighted by atomic mass is 16.5. The Morgan fingerprint density at radius 1 is 1.00 bits per heavy atom. The number of ether oxygens (including phenoxy) is 1. The molecule has 0 aromatic heterocycles. The minimum Gasteiger partial charge on any atom is -0.396 e. The van der Waals surface area contributed by atoms with E-state index in [1.807, 2.05) is 0 Å². The molecular formula is C11H24O2. The lowest BCUT2D eigenvalue weighted by molar-refractivity contribution is 0.00416. The average Bonchev–Trinajstić information content (AvgIpc) is 2.02. The molecule has 0 saturated heterocycles. The Balaban J connectivity index is 3.86. The Morgan fingerprint density at radius 2 is 1.54 bits per heavy atom. The number of hydrogen-bond donors (Lipinski definition) is 1. The number of rotatable bonds is 6. The van der Waals surface area contributed by atoms with Crippen LogP contribution in [0.25, 0.3) is 0 Å². The van der Waals surface area contributed by atoms with E-state index in [4.69, 9.17) is 9.84 Å². The monoisotopic (exact) mass is 188 g/mol. The van der Waals surface area contributed by atoms with E-state index in [0.29, 0.717) is 0 Å². The van der Waals surface area contributed by atoms with Gasteiger partial charge in [-0.1, -0.05) is 13.8 Å². The molecule has 0 spiro atoms. The zero-order valence-electron chi connectivity index (χ0n) is 9.68. The van der Waals surface area contributed by atoms with Crippen LogP contribution >= 0.6 is 0 Å². The van der Waals surface area contributed by atoms with Crippen molar-refractivity contribution < 1.29 is 9.84 Å². The molecule has 0 aliphatic rings. The number of hydrogen-bond acceptors (Lipinski definition) is 2. The molecule has 2 heteroatoms. The van der Waals surface area contributed by atoms with Crippen molar-refractivity contribution in [1.29, 1.82) is 0 Å². The van der Waals surface area contributed by atoms with Crippen molar-refractivity contribution in [2.75, 3.05) is 13.7 Å². The van der Waals surface area contributed by atoms with Gasteiger partial charge >= 0.3 is 0 Å². The molecule has 0 fully saturated rings. The molecule has 0 rings (SSSR count). The normalized spacial score (nSPS) is 13.4. The predicted molar refractivity (Wildman–Crippen MR) is 55.8 cm³/mol. The summed E-state index contributed by atoms with van der Waals surface area (Å²) >= 11 is 0. The van der Waals surface area contributed by atoms with Gasteiger partial charge in [0.1, 0.15) is 0 Å². The fourth-order valence-corrected chi connectivity index (χ4v) is 1.17. The Kier molecular flexibility index (Phi) is 4.93. The zero-order valence-corrected chi connectivity index (χ0v) is 9.68. The molecule has 0 aromatic carbocycles. The molecule has 80 valence electrons. The van der Waals surface area contributed by atoms with E-state index in [2.05, 4.69) is 27.7 Å². The number of methoxy groups -OCH3 is 1. The minimum atomic E-state index is -0.0350.